The van der Waals surface area contributed by atoms with Gasteiger partial charge in [-0.15, -0.1) is 0 Å². The van der Waals surface area contributed by atoms with Gasteiger partial charge in [-0.3, -0.25) is 0 Å². The molecule has 154 valence electrons. The number of alkyl halides is 3. The lowest BCUT2D eigenvalue weighted by Gasteiger charge is -2.38. The summed E-state index contributed by atoms with van der Waals surface area (Å²) < 4.78 is 43.2. The van der Waals surface area contributed by atoms with Gasteiger partial charge >= 0.3 is 6.18 Å². The largest absolute Gasteiger partial charge is 0.389 e. The Kier molecular flexibility index (Phi) is 9.80. The highest BCUT2D eigenvalue weighted by Crippen LogP contribution is 2.42. The molecule has 0 heterocycles. The zero-order valence-corrected chi connectivity index (χ0v) is 16.7. The van der Waals surface area contributed by atoms with Crippen LogP contribution in [-0.4, -0.2) is 18.9 Å². The predicted molar refractivity (Wildman–Crippen MR) is 101 cm³/mol. The molecule has 2 rings (SSSR count). The van der Waals surface area contributed by atoms with E-state index >= 15 is 0 Å². The number of unbranched alkanes of at least 4 members (excludes halogenated alkanes) is 4. The van der Waals surface area contributed by atoms with E-state index in [-0.39, 0.29) is 0 Å². The van der Waals surface area contributed by atoms with Crippen molar-refractivity contribution in [1.29, 1.82) is 0 Å². The molecule has 0 N–H and O–H groups in total. The minimum atomic E-state index is -3.98. The Labute approximate surface area is 158 Å². The van der Waals surface area contributed by atoms with Gasteiger partial charge in [0.1, 0.15) is 0 Å². The molecule has 0 radical (unpaired) electrons. The summed E-state index contributed by atoms with van der Waals surface area (Å²) in [6.45, 7) is 3.16. The van der Waals surface area contributed by atoms with E-state index in [0.717, 1.165) is 44.1 Å². The number of ether oxygens (including phenoxy) is 1. The van der Waals surface area contributed by atoms with Crippen molar-refractivity contribution >= 4 is 0 Å². The summed E-state index contributed by atoms with van der Waals surface area (Å²) in [6, 6.07) is 0. The molecule has 0 aromatic carbocycles. The van der Waals surface area contributed by atoms with Crippen LogP contribution in [0.5, 0.6) is 0 Å². The van der Waals surface area contributed by atoms with E-state index in [1.807, 2.05) is 0 Å². The van der Waals surface area contributed by atoms with Crippen LogP contribution in [0.3, 0.4) is 0 Å². The van der Waals surface area contributed by atoms with Gasteiger partial charge in [0.2, 0.25) is 0 Å². The van der Waals surface area contributed by atoms with Crippen molar-refractivity contribution in [3.05, 3.63) is 0 Å². The molecular formula is C22H39F3O. The zero-order chi connectivity index (χ0) is 18.8. The molecule has 2 fully saturated rings. The van der Waals surface area contributed by atoms with E-state index in [9.17, 15) is 13.2 Å². The first kappa shape index (κ1) is 22.0. The maximum atomic E-state index is 12.4. The molecule has 0 amide bonds. The summed E-state index contributed by atoms with van der Waals surface area (Å²) in [5.41, 5.74) is 0. The number of rotatable bonds is 10. The van der Waals surface area contributed by atoms with E-state index in [0.29, 0.717) is 18.4 Å². The van der Waals surface area contributed by atoms with Gasteiger partial charge in [0.25, 0.3) is 0 Å². The summed E-state index contributed by atoms with van der Waals surface area (Å²) in [4.78, 5) is 0. The van der Waals surface area contributed by atoms with Gasteiger partial charge in [0.05, 0.1) is 6.10 Å². The van der Waals surface area contributed by atoms with Gasteiger partial charge in [-0.1, -0.05) is 45.4 Å². The van der Waals surface area contributed by atoms with E-state index in [1.54, 1.807) is 0 Å². The third-order valence-corrected chi connectivity index (χ3v) is 6.71. The van der Waals surface area contributed by atoms with Crippen LogP contribution in [0.4, 0.5) is 13.2 Å². The average Bonchev–Trinajstić information content (AvgIpc) is 2.63. The number of hydrogen-bond acceptors (Lipinski definition) is 1. The molecule has 0 unspecified atom stereocenters. The molecule has 2 aliphatic carbocycles. The smallest absolute Gasteiger partial charge is 0.378 e. The standard InChI is InChI=1S/C22H39F3O/c1-2-3-4-5-6-17-26-21-13-11-20(12-14-21)19-9-7-18(8-10-19)15-16-22(23,24)25/h18-21H,2-17H2,1H3. The summed E-state index contributed by atoms with van der Waals surface area (Å²) >= 11 is 0. The molecule has 4 heteroatoms. The topological polar surface area (TPSA) is 9.23 Å². The summed E-state index contributed by atoms with van der Waals surface area (Å²) in [5, 5.41) is 0. The molecule has 0 aromatic rings. The lowest BCUT2D eigenvalue weighted by atomic mass is 9.70. The normalized spacial score (nSPS) is 30.5. The van der Waals surface area contributed by atoms with Crippen molar-refractivity contribution in [2.24, 2.45) is 17.8 Å². The monoisotopic (exact) mass is 376 g/mol. The van der Waals surface area contributed by atoms with Crippen LogP contribution in [-0.2, 0) is 4.74 Å². The summed E-state index contributed by atoms with van der Waals surface area (Å²) in [5.74, 6) is 1.86. The molecule has 0 spiro atoms. The van der Waals surface area contributed by atoms with E-state index in [2.05, 4.69) is 6.92 Å². The molecule has 1 nitrogen and oxygen atoms in total. The van der Waals surface area contributed by atoms with Crippen LogP contribution in [0, 0.1) is 17.8 Å². The van der Waals surface area contributed by atoms with Crippen molar-refractivity contribution in [3.63, 3.8) is 0 Å². The highest BCUT2D eigenvalue weighted by molar-refractivity contribution is 4.82. The van der Waals surface area contributed by atoms with E-state index in [4.69, 9.17) is 4.74 Å². The Bertz CT molecular complexity index is 353. The lowest BCUT2D eigenvalue weighted by molar-refractivity contribution is -0.138. The van der Waals surface area contributed by atoms with Gasteiger partial charge < -0.3 is 4.74 Å². The molecule has 2 saturated carbocycles. The highest BCUT2D eigenvalue weighted by Gasteiger charge is 2.33. The highest BCUT2D eigenvalue weighted by atomic mass is 19.4. The van der Waals surface area contributed by atoms with Crippen molar-refractivity contribution < 1.29 is 17.9 Å². The Hall–Kier alpha value is -0.250. The van der Waals surface area contributed by atoms with Crippen LogP contribution < -0.4 is 0 Å². The fourth-order valence-electron chi connectivity index (χ4n) is 5.00. The van der Waals surface area contributed by atoms with Crippen molar-refractivity contribution in [2.75, 3.05) is 6.61 Å². The maximum Gasteiger partial charge on any atom is 0.389 e. The van der Waals surface area contributed by atoms with Crippen molar-refractivity contribution in [1.82, 2.24) is 0 Å². The molecule has 0 saturated heterocycles. The molecule has 0 aliphatic heterocycles. The number of halogens is 3. The molecule has 0 atom stereocenters. The van der Waals surface area contributed by atoms with Gasteiger partial charge in [-0.25, -0.2) is 0 Å². The molecule has 0 bridgehead atoms. The summed E-state index contributed by atoms with van der Waals surface area (Å²) in [6.07, 6.45) is 11.9. The minimum Gasteiger partial charge on any atom is -0.378 e. The fourth-order valence-corrected chi connectivity index (χ4v) is 5.00. The molecule has 0 aromatic heterocycles. The third-order valence-electron chi connectivity index (χ3n) is 6.71. The first-order valence-corrected chi connectivity index (χ1v) is 11.2. The Morgan fingerprint density at radius 1 is 0.769 bits per heavy atom. The Balaban J connectivity index is 1.53. The average molecular weight is 377 g/mol. The van der Waals surface area contributed by atoms with Crippen LogP contribution in [0.2, 0.25) is 0 Å². The van der Waals surface area contributed by atoms with Crippen molar-refractivity contribution in [3.8, 4) is 0 Å². The second-order valence-electron chi connectivity index (χ2n) is 8.76. The molecule has 2 aliphatic rings. The molecular weight excluding hydrogens is 337 g/mol. The second-order valence-corrected chi connectivity index (χ2v) is 8.76. The maximum absolute atomic E-state index is 12.4. The SMILES string of the molecule is CCCCCCCOC1CCC(C2CCC(CCC(F)(F)F)CC2)CC1. The molecule has 26 heavy (non-hydrogen) atoms. The first-order valence-electron chi connectivity index (χ1n) is 11.2. The van der Waals surface area contributed by atoms with Crippen molar-refractivity contribution in [2.45, 2.75) is 116 Å². The van der Waals surface area contributed by atoms with Crippen LogP contribution in [0.1, 0.15) is 103 Å². The quantitative estimate of drug-likeness (QED) is 0.355. The summed E-state index contributed by atoms with van der Waals surface area (Å²) in [7, 11) is 0. The second kappa shape index (κ2) is 11.6. The van der Waals surface area contributed by atoms with Crippen LogP contribution >= 0.6 is 0 Å². The Morgan fingerprint density at radius 2 is 1.35 bits per heavy atom. The first-order chi connectivity index (χ1) is 12.5. The van der Waals surface area contributed by atoms with E-state index in [1.165, 1.54) is 57.8 Å². The lowest BCUT2D eigenvalue weighted by Crippen LogP contribution is -2.29. The van der Waals surface area contributed by atoms with Gasteiger partial charge in [-0.2, -0.15) is 13.2 Å². The predicted octanol–water partition coefficient (Wildman–Crippen LogP) is 7.68. The minimum absolute atomic E-state index is 0.306. The third kappa shape index (κ3) is 8.63. The van der Waals surface area contributed by atoms with Gasteiger partial charge in [0, 0.05) is 13.0 Å². The Morgan fingerprint density at radius 3 is 1.92 bits per heavy atom. The van der Waals surface area contributed by atoms with Crippen LogP contribution in [0.25, 0.3) is 0 Å². The zero-order valence-electron chi connectivity index (χ0n) is 16.7. The van der Waals surface area contributed by atoms with Gasteiger partial charge in [0.15, 0.2) is 0 Å². The fraction of sp³-hybridized carbons (Fsp3) is 1.00. The van der Waals surface area contributed by atoms with Gasteiger partial charge in [-0.05, 0) is 69.1 Å². The van der Waals surface area contributed by atoms with Crippen LogP contribution in [0.15, 0.2) is 0 Å². The van der Waals surface area contributed by atoms with E-state index < -0.39 is 12.6 Å². The number of hydrogen-bond donors (Lipinski definition) is 0.